The zero-order valence-corrected chi connectivity index (χ0v) is 19.8. The molecule has 1 atom stereocenters. The van der Waals surface area contributed by atoms with Crippen LogP contribution in [-0.4, -0.2) is 45.9 Å². The zero-order chi connectivity index (χ0) is 21.8. The van der Waals surface area contributed by atoms with Gasteiger partial charge in [-0.2, -0.15) is 0 Å². The molecule has 0 saturated heterocycles. The number of nitrogens with one attached hydrogen (secondary N) is 2. The standard InChI is InChI=1S/C21H28BrN3O3S/c1-14(2)20(25(4)5)13-23-21(26)16-7-6-8-17(12-16)29(27,28)24-19-11-15(3)9-10-18(19)22/h6-12,14,20,24H,13H2,1-5H3,(H,23,26)/t20-/m0/s1. The number of anilines is 1. The quantitative estimate of drug-likeness (QED) is 0.599. The Labute approximate surface area is 181 Å². The molecule has 158 valence electrons. The molecule has 29 heavy (non-hydrogen) atoms. The zero-order valence-electron chi connectivity index (χ0n) is 17.4. The van der Waals surface area contributed by atoms with Gasteiger partial charge in [0.2, 0.25) is 0 Å². The molecule has 2 aromatic carbocycles. The minimum Gasteiger partial charge on any atom is -0.350 e. The van der Waals surface area contributed by atoms with E-state index in [9.17, 15) is 13.2 Å². The van der Waals surface area contributed by atoms with Crippen LogP contribution in [-0.2, 0) is 10.0 Å². The van der Waals surface area contributed by atoms with E-state index in [1.54, 1.807) is 24.3 Å². The lowest BCUT2D eigenvalue weighted by atomic mass is 10.0. The fourth-order valence-corrected chi connectivity index (χ4v) is 4.63. The summed E-state index contributed by atoms with van der Waals surface area (Å²) >= 11 is 3.36. The van der Waals surface area contributed by atoms with Crippen LogP contribution < -0.4 is 10.0 Å². The van der Waals surface area contributed by atoms with Gasteiger partial charge in [0.1, 0.15) is 0 Å². The predicted octanol–water partition coefficient (Wildman–Crippen LogP) is 3.87. The van der Waals surface area contributed by atoms with Gasteiger partial charge in [0, 0.05) is 22.6 Å². The van der Waals surface area contributed by atoms with Crippen molar-refractivity contribution in [2.24, 2.45) is 5.92 Å². The summed E-state index contributed by atoms with van der Waals surface area (Å²) in [7, 11) is 0.108. The van der Waals surface area contributed by atoms with Crippen molar-refractivity contribution < 1.29 is 13.2 Å². The number of halogens is 1. The topological polar surface area (TPSA) is 78.5 Å². The number of carbonyl (C=O) groups is 1. The van der Waals surface area contributed by atoms with Gasteiger partial charge in [-0.1, -0.05) is 26.0 Å². The lowest BCUT2D eigenvalue weighted by molar-refractivity contribution is 0.0934. The Balaban J connectivity index is 2.19. The third-order valence-electron chi connectivity index (χ3n) is 4.68. The molecular formula is C21H28BrN3O3S. The summed E-state index contributed by atoms with van der Waals surface area (Å²) < 4.78 is 28.8. The molecule has 8 heteroatoms. The van der Waals surface area contributed by atoms with Crippen molar-refractivity contribution >= 4 is 37.5 Å². The monoisotopic (exact) mass is 481 g/mol. The van der Waals surface area contributed by atoms with E-state index >= 15 is 0 Å². The highest BCUT2D eigenvalue weighted by Gasteiger charge is 2.20. The van der Waals surface area contributed by atoms with Crippen molar-refractivity contribution in [3.8, 4) is 0 Å². The maximum Gasteiger partial charge on any atom is 0.261 e. The smallest absolute Gasteiger partial charge is 0.261 e. The molecule has 0 aliphatic carbocycles. The van der Waals surface area contributed by atoms with E-state index in [4.69, 9.17) is 0 Å². The maximum atomic E-state index is 12.8. The molecule has 0 heterocycles. The average Bonchev–Trinajstić information content (AvgIpc) is 2.64. The Morgan fingerprint density at radius 1 is 1.14 bits per heavy atom. The second-order valence-electron chi connectivity index (χ2n) is 7.60. The van der Waals surface area contributed by atoms with E-state index in [0.717, 1.165) is 5.56 Å². The van der Waals surface area contributed by atoms with E-state index in [2.05, 4.69) is 44.7 Å². The van der Waals surface area contributed by atoms with Gasteiger partial charge in [-0.15, -0.1) is 0 Å². The van der Waals surface area contributed by atoms with Gasteiger partial charge in [0.05, 0.1) is 10.6 Å². The number of aryl methyl sites for hydroxylation is 1. The van der Waals surface area contributed by atoms with Crippen LogP contribution in [0.3, 0.4) is 0 Å². The number of carbonyl (C=O) groups excluding carboxylic acids is 1. The van der Waals surface area contributed by atoms with E-state index in [1.165, 1.54) is 12.1 Å². The summed E-state index contributed by atoms with van der Waals surface area (Å²) in [5, 5.41) is 2.90. The van der Waals surface area contributed by atoms with E-state index in [1.807, 2.05) is 27.1 Å². The molecule has 0 bridgehead atoms. The number of likely N-dealkylation sites (N-methyl/N-ethyl adjacent to an activating group) is 1. The van der Waals surface area contributed by atoms with Crippen LogP contribution in [0.1, 0.15) is 29.8 Å². The summed E-state index contributed by atoms with van der Waals surface area (Å²) in [5.41, 5.74) is 1.68. The number of hydrogen-bond acceptors (Lipinski definition) is 4. The number of benzene rings is 2. The molecule has 2 rings (SSSR count). The first-order chi connectivity index (χ1) is 13.5. The van der Waals surface area contributed by atoms with Crippen LogP contribution in [0, 0.1) is 12.8 Å². The number of rotatable bonds is 8. The molecular weight excluding hydrogens is 454 g/mol. The van der Waals surface area contributed by atoms with Gasteiger partial charge in [-0.3, -0.25) is 9.52 Å². The van der Waals surface area contributed by atoms with Gasteiger partial charge in [-0.25, -0.2) is 8.42 Å². The highest BCUT2D eigenvalue weighted by molar-refractivity contribution is 9.10. The third kappa shape index (κ3) is 6.29. The van der Waals surface area contributed by atoms with Crippen molar-refractivity contribution in [1.29, 1.82) is 0 Å². The molecule has 0 aliphatic heterocycles. The maximum absolute atomic E-state index is 12.8. The fourth-order valence-electron chi connectivity index (χ4n) is 3.04. The van der Waals surface area contributed by atoms with Crippen molar-refractivity contribution in [1.82, 2.24) is 10.2 Å². The lowest BCUT2D eigenvalue weighted by Crippen LogP contribution is -2.43. The first kappa shape index (κ1) is 23.4. The normalized spacial score (nSPS) is 12.8. The Morgan fingerprint density at radius 2 is 1.83 bits per heavy atom. The molecule has 0 radical (unpaired) electrons. The summed E-state index contributed by atoms with van der Waals surface area (Å²) in [6, 6.07) is 11.6. The molecule has 2 N–H and O–H groups in total. The Hall–Kier alpha value is -1.90. The van der Waals surface area contributed by atoms with Crippen LogP contribution in [0.2, 0.25) is 0 Å². The van der Waals surface area contributed by atoms with Crippen molar-refractivity contribution in [2.75, 3.05) is 25.4 Å². The van der Waals surface area contributed by atoms with E-state index < -0.39 is 10.0 Å². The summed E-state index contributed by atoms with van der Waals surface area (Å²) in [5.74, 6) is 0.0697. The minimum absolute atomic E-state index is 0.0339. The van der Waals surface area contributed by atoms with Gasteiger partial charge in [0.25, 0.3) is 15.9 Å². The summed E-state index contributed by atoms with van der Waals surface area (Å²) in [4.78, 5) is 14.7. The van der Waals surface area contributed by atoms with Crippen LogP contribution in [0.15, 0.2) is 51.8 Å². The number of amides is 1. The summed E-state index contributed by atoms with van der Waals surface area (Å²) in [6.45, 7) is 6.56. The molecule has 0 saturated carbocycles. The van der Waals surface area contributed by atoms with Gasteiger partial charge >= 0.3 is 0 Å². The molecule has 0 aromatic heterocycles. The Bertz CT molecular complexity index is 967. The molecule has 0 spiro atoms. The van der Waals surface area contributed by atoms with Gasteiger partial charge in [-0.05, 0) is 78.8 Å². The third-order valence-corrected chi connectivity index (χ3v) is 6.73. The largest absolute Gasteiger partial charge is 0.350 e. The molecule has 2 aromatic rings. The number of sulfonamides is 1. The molecule has 0 unspecified atom stereocenters. The average molecular weight is 482 g/mol. The fraction of sp³-hybridized carbons (Fsp3) is 0.381. The Kier molecular flexibility index (Phi) is 7.85. The molecule has 0 aliphatic rings. The Morgan fingerprint density at radius 3 is 2.45 bits per heavy atom. The predicted molar refractivity (Wildman–Crippen MR) is 121 cm³/mol. The van der Waals surface area contributed by atoms with Crippen LogP contribution >= 0.6 is 15.9 Å². The minimum atomic E-state index is -3.83. The summed E-state index contributed by atoms with van der Waals surface area (Å²) in [6.07, 6.45) is 0. The highest BCUT2D eigenvalue weighted by atomic mass is 79.9. The molecule has 6 nitrogen and oxygen atoms in total. The van der Waals surface area contributed by atoms with Crippen LogP contribution in [0.4, 0.5) is 5.69 Å². The van der Waals surface area contributed by atoms with E-state index in [-0.39, 0.29) is 16.8 Å². The second kappa shape index (κ2) is 9.73. The first-order valence-corrected chi connectivity index (χ1v) is 11.6. The second-order valence-corrected chi connectivity index (χ2v) is 10.1. The molecule has 1 amide bonds. The number of hydrogen-bond donors (Lipinski definition) is 2. The van der Waals surface area contributed by atoms with Crippen molar-refractivity contribution in [3.05, 3.63) is 58.1 Å². The van der Waals surface area contributed by atoms with Gasteiger partial charge < -0.3 is 10.2 Å². The van der Waals surface area contributed by atoms with Gasteiger partial charge in [0.15, 0.2) is 0 Å². The highest BCUT2D eigenvalue weighted by Crippen LogP contribution is 2.26. The number of nitrogens with zero attached hydrogens (tertiary/aromatic N) is 1. The lowest BCUT2D eigenvalue weighted by Gasteiger charge is -2.28. The molecule has 0 fully saturated rings. The van der Waals surface area contributed by atoms with Crippen molar-refractivity contribution in [2.45, 2.75) is 31.7 Å². The van der Waals surface area contributed by atoms with Crippen molar-refractivity contribution in [3.63, 3.8) is 0 Å². The van der Waals surface area contributed by atoms with Crippen LogP contribution in [0.5, 0.6) is 0 Å². The SMILES string of the molecule is Cc1ccc(Br)c(NS(=O)(=O)c2cccc(C(=O)NC[C@@H](C(C)C)N(C)C)c2)c1. The van der Waals surface area contributed by atoms with Crippen LogP contribution in [0.25, 0.3) is 0 Å². The van der Waals surface area contributed by atoms with E-state index in [0.29, 0.717) is 28.2 Å². The first-order valence-electron chi connectivity index (χ1n) is 9.35.